The number of hydrogen-bond acceptors (Lipinski definition) is 2. The lowest BCUT2D eigenvalue weighted by molar-refractivity contribution is 0.588. The quantitative estimate of drug-likeness (QED) is 0.886. The number of nitrogens with zero attached hydrogens (tertiary/aromatic N) is 1. The molecule has 0 aliphatic heterocycles. The Morgan fingerprint density at radius 1 is 0.947 bits per heavy atom. The summed E-state index contributed by atoms with van der Waals surface area (Å²) in [4.78, 5) is 2.07. The SMILES string of the molecule is CN(C)c1ccc(CNCc2ccccc2F)cc1. The first-order chi connectivity index (χ1) is 9.16. The summed E-state index contributed by atoms with van der Waals surface area (Å²) in [5.41, 5.74) is 3.08. The van der Waals surface area contributed by atoms with Crippen LogP contribution in [0.5, 0.6) is 0 Å². The Hall–Kier alpha value is -1.87. The molecule has 0 amide bonds. The van der Waals surface area contributed by atoms with Gasteiger partial charge in [0.2, 0.25) is 0 Å². The van der Waals surface area contributed by atoms with E-state index in [0.717, 1.165) is 6.54 Å². The van der Waals surface area contributed by atoms with Crippen LogP contribution in [0.2, 0.25) is 0 Å². The standard InChI is InChI=1S/C16H19FN2/c1-19(2)15-9-7-13(8-10-15)11-18-12-14-5-3-4-6-16(14)17/h3-10,18H,11-12H2,1-2H3. The van der Waals surface area contributed by atoms with Gasteiger partial charge in [-0.15, -0.1) is 0 Å². The average Bonchev–Trinajstić information content (AvgIpc) is 2.41. The molecule has 2 aromatic rings. The van der Waals surface area contributed by atoms with Crippen LogP contribution in [-0.2, 0) is 13.1 Å². The molecule has 0 bridgehead atoms. The van der Waals surface area contributed by atoms with Gasteiger partial charge in [-0.3, -0.25) is 0 Å². The van der Waals surface area contributed by atoms with Crippen LogP contribution in [0.3, 0.4) is 0 Å². The van der Waals surface area contributed by atoms with Crippen LogP contribution in [0.1, 0.15) is 11.1 Å². The monoisotopic (exact) mass is 258 g/mol. The van der Waals surface area contributed by atoms with Crippen molar-refractivity contribution in [3.8, 4) is 0 Å². The molecule has 100 valence electrons. The maximum Gasteiger partial charge on any atom is 0.127 e. The Kier molecular flexibility index (Phi) is 4.53. The summed E-state index contributed by atoms with van der Waals surface area (Å²) in [6, 6.07) is 15.2. The number of anilines is 1. The molecule has 0 atom stereocenters. The lowest BCUT2D eigenvalue weighted by atomic mass is 10.2. The molecule has 2 nitrogen and oxygen atoms in total. The van der Waals surface area contributed by atoms with E-state index < -0.39 is 0 Å². The van der Waals surface area contributed by atoms with Gasteiger partial charge in [-0.2, -0.15) is 0 Å². The fourth-order valence-electron chi connectivity index (χ4n) is 1.90. The predicted octanol–water partition coefficient (Wildman–Crippen LogP) is 3.18. The van der Waals surface area contributed by atoms with Gasteiger partial charge in [-0.1, -0.05) is 30.3 Å². The number of hydrogen-bond donors (Lipinski definition) is 1. The van der Waals surface area contributed by atoms with E-state index in [4.69, 9.17) is 0 Å². The molecule has 0 saturated heterocycles. The van der Waals surface area contributed by atoms with Gasteiger partial charge >= 0.3 is 0 Å². The molecule has 0 unspecified atom stereocenters. The van der Waals surface area contributed by atoms with E-state index in [1.165, 1.54) is 17.3 Å². The normalized spacial score (nSPS) is 10.5. The van der Waals surface area contributed by atoms with Crippen molar-refractivity contribution in [2.45, 2.75) is 13.1 Å². The highest BCUT2D eigenvalue weighted by Crippen LogP contribution is 2.12. The summed E-state index contributed by atoms with van der Waals surface area (Å²) in [6.45, 7) is 1.28. The molecule has 2 aromatic carbocycles. The number of rotatable bonds is 5. The Morgan fingerprint density at radius 3 is 2.26 bits per heavy atom. The lowest BCUT2D eigenvalue weighted by Gasteiger charge is -2.13. The summed E-state index contributed by atoms with van der Waals surface area (Å²) in [6.07, 6.45) is 0. The molecule has 0 spiro atoms. The minimum absolute atomic E-state index is 0.155. The van der Waals surface area contributed by atoms with Gasteiger partial charge in [-0.05, 0) is 23.8 Å². The van der Waals surface area contributed by atoms with E-state index in [1.807, 2.05) is 20.2 Å². The van der Waals surface area contributed by atoms with Crippen molar-refractivity contribution in [2.24, 2.45) is 0 Å². The first-order valence-electron chi connectivity index (χ1n) is 6.37. The Bertz CT molecular complexity index is 521. The molecule has 0 heterocycles. The van der Waals surface area contributed by atoms with E-state index in [2.05, 4.69) is 34.5 Å². The number of nitrogens with one attached hydrogen (secondary N) is 1. The second kappa shape index (κ2) is 6.34. The average molecular weight is 258 g/mol. The Balaban J connectivity index is 1.87. The van der Waals surface area contributed by atoms with Crippen LogP contribution in [-0.4, -0.2) is 14.1 Å². The second-order valence-electron chi connectivity index (χ2n) is 4.76. The molecular weight excluding hydrogens is 239 g/mol. The maximum atomic E-state index is 13.4. The minimum Gasteiger partial charge on any atom is -0.378 e. The molecule has 0 aliphatic carbocycles. The molecule has 1 N–H and O–H groups in total. The highest BCUT2D eigenvalue weighted by molar-refractivity contribution is 5.45. The van der Waals surface area contributed by atoms with Crippen LogP contribution < -0.4 is 10.2 Å². The van der Waals surface area contributed by atoms with Crippen LogP contribution >= 0.6 is 0 Å². The van der Waals surface area contributed by atoms with Gasteiger partial charge in [0, 0.05) is 38.4 Å². The van der Waals surface area contributed by atoms with Crippen molar-refractivity contribution in [3.05, 3.63) is 65.5 Å². The smallest absolute Gasteiger partial charge is 0.127 e. The minimum atomic E-state index is -0.155. The van der Waals surface area contributed by atoms with Crippen molar-refractivity contribution < 1.29 is 4.39 Å². The van der Waals surface area contributed by atoms with Crippen LogP contribution in [0, 0.1) is 5.82 Å². The first-order valence-corrected chi connectivity index (χ1v) is 6.37. The van der Waals surface area contributed by atoms with Crippen LogP contribution in [0.4, 0.5) is 10.1 Å². The highest BCUT2D eigenvalue weighted by atomic mass is 19.1. The van der Waals surface area contributed by atoms with E-state index >= 15 is 0 Å². The molecule has 19 heavy (non-hydrogen) atoms. The predicted molar refractivity (Wildman–Crippen MR) is 77.7 cm³/mol. The highest BCUT2D eigenvalue weighted by Gasteiger charge is 2.00. The zero-order valence-electron chi connectivity index (χ0n) is 11.4. The molecule has 2 rings (SSSR count). The van der Waals surface area contributed by atoms with Gasteiger partial charge in [0.15, 0.2) is 0 Å². The molecule has 0 radical (unpaired) electrons. The zero-order valence-corrected chi connectivity index (χ0v) is 11.4. The summed E-state index contributed by atoms with van der Waals surface area (Å²) in [5.74, 6) is -0.155. The van der Waals surface area contributed by atoms with Crippen molar-refractivity contribution in [1.29, 1.82) is 0 Å². The Labute approximate surface area is 113 Å². The van der Waals surface area contributed by atoms with E-state index in [9.17, 15) is 4.39 Å². The van der Waals surface area contributed by atoms with Crippen LogP contribution in [0.25, 0.3) is 0 Å². The van der Waals surface area contributed by atoms with Gasteiger partial charge < -0.3 is 10.2 Å². The number of halogens is 1. The van der Waals surface area contributed by atoms with Gasteiger partial charge in [0.25, 0.3) is 0 Å². The lowest BCUT2D eigenvalue weighted by Crippen LogP contribution is -2.14. The summed E-state index contributed by atoms with van der Waals surface area (Å²) < 4.78 is 13.4. The van der Waals surface area contributed by atoms with E-state index in [0.29, 0.717) is 12.1 Å². The summed E-state index contributed by atoms with van der Waals surface area (Å²) >= 11 is 0. The third-order valence-electron chi connectivity index (χ3n) is 3.06. The molecule has 3 heteroatoms. The molecular formula is C16H19FN2. The topological polar surface area (TPSA) is 15.3 Å². The van der Waals surface area contributed by atoms with Crippen LogP contribution in [0.15, 0.2) is 48.5 Å². The zero-order chi connectivity index (χ0) is 13.7. The molecule has 0 fully saturated rings. The molecule has 0 saturated carbocycles. The fourth-order valence-corrected chi connectivity index (χ4v) is 1.90. The van der Waals surface area contributed by atoms with Crippen molar-refractivity contribution >= 4 is 5.69 Å². The second-order valence-corrected chi connectivity index (χ2v) is 4.76. The third-order valence-corrected chi connectivity index (χ3v) is 3.06. The summed E-state index contributed by atoms with van der Waals surface area (Å²) in [5, 5.41) is 3.25. The third kappa shape index (κ3) is 3.80. The Morgan fingerprint density at radius 2 is 1.63 bits per heavy atom. The van der Waals surface area contributed by atoms with Crippen molar-refractivity contribution in [1.82, 2.24) is 5.32 Å². The van der Waals surface area contributed by atoms with Crippen molar-refractivity contribution in [3.63, 3.8) is 0 Å². The summed E-state index contributed by atoms with van der Waals surface area (Å²) in [7, 11) is 4.04. The number of benzene rings is 2. The largest absolute Gasteiger partial charge is 0.378 e. The fraction of sp³-hybridized carbons (Fsp3) is 0.250. The first kappa shape index (κ1) is 13.6. The van der Waals surface area contributed by atoms with E-state index in [1.54, 1.807) is 12.1 Å². The van der Waals surface area contributed by atoms with Gasteiger partial charge in [0.1, 0.15) is 5.82 Å². The van der Waals surface area contributed by atoms with Gasteiger partial charge in [0.05, 0.1) is 0 Å². The molecule has 0 aliphatic rings. The van der Waals surface area contributed by atoms with Crippen molar-refractivity contribution in [2.75, 3.05) is 19.0 Å². The maximum absolute atomic E-state index is 13.4. The van der Waals surface area contributed by atoms with E-state index in [-0.39, 0.29) is 5.82 Å². The van der Waals surface area contributed by atoms with Gasteiger partial charge in [-0.25, -0.2) is 4.39 Å². The molecule has 0 aromatic heterocycles.